The molecular weight excluding hydrogens is 404 g/mol. The summed E-state index contributed by atoms with van der Waals surface area (Å²) in [6.45, 7) is 3.34. The number of furan rings is 1. The van der Waals surface area contributed by atoms with Gasteiger partial charge in [-0.2, -0.15) is 5.26 Å². The molecule has 1 aromatic heterocycles. The van der Waals surface area contributed by atoms with Crippen LogP contribution in [0.1, 0.15) is 50.2 Å². The van der Waals surface area contributed by atoms with Crippen LogP contribution in [0, 0.1) is 11.3 Å². The first-order valence-electron chi connectivity index (χ1n) is 11.2. The summed E-state index contributed by atoms with van der Waals surface area (Å²) in [5, 5.41) is 13.8. The maximum Gasteiger partial charge on any atom is 0.508 e. The van der Waals surface area contributed by atoms with Crippen LogP contribution in [0.25, 0.3) is 22.3 Å². The third-order valence-corrected chi connectivity index (χ3v) is 6.00. The van der Waals surface area contributed by atoms with Gasteiger partial charge in [0.1, 0.15) is 16.9 Å². The van der Waals surface area contributed by atoms with Crippen molar-refractivity contribution < 1.29 is 18.7 Å². The molecule has 1 aliphatic carbocycles. The number of hydrogen-bond acceptors (Lipinski definition) is 6. The van der Waals surface area contributed by atoms with Gasteiger partial charge in [-0.25, -0.2) is 4.79 Å². The van der Waals surface area contributed by atoms with Crippen LogP contribution in [0.5, 0.6) is 0 Å². The predicted octanol–water partition coefficient (Wildman–Crippen LogP) is 5.94. The topological polar surface area (TPSA) is 84.5 Å². The Morgan fingerprint density at radius 2 is 1.97 bits per heavy atom. The number of benzene rings is 2. The number of hydrogen-bond donors (Lipinski definition) is 1. The fraction of sp³-hybridized carbons (Fsp3) is 0.385. The molecule has 1 N–H and O–H groups in total. The Bertz CT molecular complexity index is 1120. The molecule has 0 radical (unpaired) electrons. The molecule has 1 fully saturated rings. The third-order valence-electron chi connectivity index (χ3n) is 6.00. The van der Waals surface area contributed by atoms with Crippen LogP contribution in [0.4, 0.5) is 4.79 Å². The summed E-state index contributed by atoms with van der Waals surface area (Å²) in [7, 11) is 0. The predicted molar refractivity (Wildman–Crippen MR) is 122 cm³/mol. The normalized spacial score (nSPS) is 15.2. The number of nitriles is 1. The molecule has 1 aliphatic rings. The van der Waals surface area contributed by atoms with E-state index in [-0.39, 0.29) is 0 Å². The highest BCUT2D eigenvalue weighted by molar-refractivity contribution is 5.84. The Labute approximate surface area is 188 Å². The van der Waals surface area contributed by atoms with Crippen molar-refractivity contribution in [1.82, 2.24) is 5.32 Å². The lowest BCUT2D eigenvalue weighted by Crippen LogP contribution is -2.46. The van der Waals surface area contributed by atoms with Gasteiger partial charge in [0.2, 0.25) is 0 Å². The van der Waals surface area contributed by atoms with Crippen molar-refractivity contribution in [2.24, 2.45) is 0 Å². The molecule has 0 atom stereocenters. The van der Waals surface area contributed by atoms with Gasteiger partial charge < -0.3 is 19.2 Å². The first kappa shape index (κ1) is 21.9. The maximum absolute atomic E-state index is 12.0. The van der Waals surface area contributed by atoms with Gasteiger partial charge in [-0.05, 0) is 68.5 Å². The lowest BCUT2D eigenvalue weighted by atomic mass is 9.84. The minimum atomic E-state index is -0.582. The van der Waals surface area contributed by atoms with E-state index in [2.05, 4.69) is 17.5 Å². The number of nitrogens with zero attached hydrogens (tertiary/aromatic N) is 1. The largest absolute Gasteiger partial charge is 0.508 e. The molecule has 0 amide bonds. The van der Waals surface area contributed by atoms with Gasteiger partial charge in [-0.3, -0.25) is 0 Å². The van der Waals surface area contributed by atoms with Crippen LogP contribution in [-0.4, -0.2) is 24.9 Å². The molecule has 0 spiro atoms. The van der Waals surface area contributed by atoms with Gasteiger partial charge in [0.25, 0.3) is 0 Å². The summed E-state index contributed by atoms with van der Waals surface area (Å²) in [5.74, 6) is 0.686. The van der Waals surface area contributed by atoms with E-state index in [9.17, 15) is 10.1 Å². The van der Waals surface area contributed by atoms with Crippen molar-refractivity contribution in [3.05, 3.63) is 59.7 Å². The van der Waals surface area contributed by atoms with E-state index in [4.69, 9.17) is 13.9 Å². The summed E-state index contributed by atoms with van der Waals surface area (Å²) in [6.07, 6.45) is 4.38. The molecule has 4 rings (SSSR count). The number of ether oxygens (including phenoxy) is 2. The van der Waals surface area contributed by atoms with Crippen molar-refractivity contribution in [3.63, 3.8) is 0 Å². The second kappa shape index (κ2) is 9.88. The van der Waals surface area contributed by atoms with E-state index >= 15 is 0 Å². The fourth-order valence-corrected chi connectivity index (χ4v) is 4.40. The zero-order valence-corrected chi connectivity index (χ0v) is 18.4. The summed E-state index contributed by atoms with van der Waals surface area (Å²) >= 11 is 0. The lowest BCUT2D eigenvalue weighted by molar-refractivity contribution is -0.0526. The Morgan fingerprint density at radius 3 is 2.75 bits per heavy atom. The zero-order valence-electron chi connectivity index (χ0n) is 18.4. The van der Waals surface area contributed by atoms with Gasteiger partial charge >= 0.3 is 6.16 Å². The average molecular weight is 433 g/mol. The maximum atomic E-state index is 12.0. The molecule has 1 saturated carbocycles. The van der Waals surface area contributed by atoms with Crippen molar-refractivity contribution in [2.75, 3.05) is 13.2 Å². The van der Waals surface area contributed by atoms with Crippen LogP contribution < -0.4 is 5.32 Å². The molecule has 0 unspecified atom stereocenters. The second-order valence-corrected chi connectivity index (χ2v) is 8.27. The minimum Gasteiger partial charge on any atom is -0.456 e. The number of carbonyl (C=O) groups excluding carboxylic acids is 1. The van der Waals surface area contributed by atoms with Crippen LogP contribution in [0.15, 0.2) is 52.9 Å². The molecule has 1 heterocycles. The van der Waals surface area contributed by atoms with Gasteiger partial charge in [0.05, 0.1) is 18.2 Å². The van der Waals surface area contributed by atoms with Crippen molar-refractivity contribution in [2.45, 2.75) is 51.2 Å². The van der Waals surface area contributed by atoms with E-state index in [0.717, 1.165) is 47.8 Å². The van der Waals surface area contributed by atoms with E-state index in [1.54, 1.807) is 13.0 Å². The van der Waals surface area contributed by atoms with E-state index in [1.807, 2.05) is 36.4 Å². The molecule has 0 saturated heterocycles. The Kier molecular flexibility index (Phi) is 6.77. The number of fused-ring (bicyclic) bond motifs is 1. The van der Waals surface area contributed by atoms with Crippen molar-refractivity contribution in [1.29, 1.82) is 5.26 Å². The lowest BCUT2D eigenvalue weighted by Gasteiger charge is -2.36. The molecule has 32 heavy (non-hydrogen) atoms. The quantitative estimate of drug-likeness (QED) is 0.465. The Hall–Kier alpha value is -3.30. The average Bonchev–Trinajstić information content (AvgIpc) is 3.23. The summed E-state index contributed by atoms with van der Waals surface area (Å²) in [4.78, 5) is 12.0. The molecule has 0 bridgehead atoms. The monoisotopic (exact) mass is 432 g/mol. The first-order chi connectivity index (χ1) is 15.6. The number of rotatable bonds is 7. The van der Waals surface area contributed by atoms with Crippen molar-refractivity contribution >= 4 is 17.1 Å². The molecule has 6 heteroatoms. The summed E-state index contributed by atoms with van der Waals surface area (Å²) in [5.41, 5.74) is 2.78. The van der Waals surface area contributed by atoms with Crippen LogP contribution in [0.2, 0.25) is 0 Å². The summed E-state index contributed by atoms with van der Waals surface area (Å²) < 4.78 is 16.7. The van der Waals surface area contributed by atoms with Crippen LogP contribution in [-0.2, 0) is 16.0 Å². The third kappa shape index (κ3) is 4.95. The van der Waals surface area contributed by atoms with E-state index in [0.29, 0.717) is 31.0 Å². The molecule has 0 aliphatic heterocycles. The number of nitrogens with one attached hydrogen (secondary N) is 1. The van der Waals surface area contributed by atoms with Gasteiger partial charge in [0, 0.05) is 24.0 Å². The van der Waals surface area contributed by atoms with E-state index in [1.165, 1.54) is 6.42 Å². The van der Waals surface area contributed by atoms with Crippen molar-refractivity contribution in [3.8, 4) is 17.4 Å². The standard InChI is InChI=1S/C26H28N2O4/c1-2-30-25(29)32-26(12-6-3-7-13-26)18-28-17-19-10-11-23-21(14-19)15-24(31-23)22-9-5-4-8-20(22)16-27/h4-5,8-11,14-15,28H,2-3,6-7,12-13,17-18H2,1H3. The Morgan fingerprint density at radius 1 is 1.16 bits per heavy atom. The highest BCUT2D eigenvalue weighted by Gasteiger charge is 2.36. The summed E-state index contributed by atoms with van der Waals surface area (Å²) in [6, 6.07) is 17.7. The SMILES string of the molecule is CCOC(=O)OC1(CNCc2ccc3oc(-c4ccccc4C#N)cc3c2)CCCCC1. The minimum absolute atomic E-state index is 0.313. The van der Waals surface area contributed by atoms with E-state index < -0.39 is 11.8 Å². The first-order valence-corrected chi connectivity index (χ1v) is 11.2. The Balaban J connectivity index is 1.45. The smallest absolute Gasteiger partial charge is 0.456 e. The van der Waals surface area contributed by atoms with Gasteiger partial charge in [0.15, 0.2) is 0 Å². The molecule has 2 aromatic carbocycles. The zero-order chi connectivity index (χ0) is 22.4. The van der Waals surface area contributed by atoms with Crippen LogP contribution >= 0.6 is 0 Å². The highest BCUT2D eigenvalue weighted by atomic mass is 16.7. The van der Waals surface area contributed by atoms with Gasteiger partial charge in [-0.1, -0.05) is 24.6 Å². The molecular formula is C26H28N2O4. The fourth-order valence-electron chi connectivity index (χ4n) is 4.40. The van der Waals surface area contributed by atoms with Crippen LogP contribution in [0.3, 0.4) is 0 Å². The van der Waals surface area contributed by atoms with Gasteiger partial charge in [-0.15, -0.1) is 0 Å². The highest BCUT2D eigenvalue weighted by Crippen LogP contribution is 2.32. The molecule has 6 nitrogen and oxygen atoms in total. The molecule has 166 valence electrons. The molecule has 3 aromatic rings. The number of carbonyl (C=O) groups is 1. The second-order valence-electron chi connectivity index (χ2n) is 8.27.